The van der Waals surface area contributed by atoms with E-state index in [0.29, 0.717) is 5.75 Å². The molecule has 4 rings (SSSR count). The van der Waals surface area contributed by atoms with Crippen LogP contribution in [0.4, 0.5) is 0 Å². The summed E-state index contributed by atoms with van der Waals surface area (Å²) in [7, 11) is 0. The first-order chi connectivity index (χ1) is 13.7. The quantitative estimate of drug-likeness (QED) is 0.550. The van der Waals surface area contributed by atoms with Crippen molar-refractivity contribution in [2.24, 2.45) is 11.8 Å². The van der Waals surface area contributed by atoms with Crippen molar-refractivity contribution >= 4 is 5.57 Å². The number of phenols is 1. The van der Waals surface area contributed by atoms with Crippen LogP contribution in [0, 0.1) is 18.8 Å². The predicted molar refractivity (Wildman–Crippen MR) is 118 cm³/mol. The number of allylic oxidation sites excluding steroid dienone is 1. The second-order valence-electron chi connectivity index (χ2n) is 9.10. The number of benzene rings is 2. The van der Waals surface area contributed by atoms with Crippen LogP contribution in [0.2, 0.25) is 0 Å². The van der Waals surface area contributed by atoms with Crippen molar-refractivity contribution in [2.75, 3.05) is 0 Å². The lowest BCUT2D eigenvalue weighted by atomic mass is 9.82. The van der Waals surface area contributed by atoms with Crippen LogP contribution in [0.15, 0.2) is 54.1 Å². The van der Waals surface area contributed by atoms with E-state index < -0.39 is 0 Å². The molecule has 0 unspecified atom stereocenters. The number of aryl methyl sites for hydroxylation is 1. The van der Waals surface area contributed by atoms with Crippen LogP contribution in [0.3, 0.4) is 0 Å². The minimum Gasteiger partial charge on any atom is -0.508 e. The van der Waals surface area contributed by atoms with Gasteiger partial charge in [-0.05, 0) is 60.4 Å². The van der Waals surface area contributed by atoms with E-state index in [0.717, 1.165) is 11.8 Å². The number of hydrogen-bond acceptors (Lipinski definition) is 1. The highest BCUT2D eigenvalue weighted by Crippen LogP contribution is 2.41. The van der Waals surface area contributed by atoms with Crippen molar-refractivity contribution in [3.63, 3.8) is 0 Å². The number of aromatic hydroxyl groups is 1. The Balaban J connectivity index is 1.78. The molecule has 1 heteroatoms. The van der Waals surface area contributed by atoms with Crippen LogP contribution in [0.5, 0.6) is 5.75 Å². The van der Waals surface area contributed by atoms with E-state index in [-0.39, 0.29) is 0 Å². The zero-order valence-electron chi connectivity index (χ0n) is 17.3. The van der Waals surface area contributed by atoms with Gasteiger partial charge in [0, 0.05) is 0 Å². The molecule has 0 bridgehead atoms. The Morgan fingerprint density at radius 3 is 1.61 bits per heavy atom. The van der Waals surface area contributed by atoms with Gasteiger partial charge in [-0.25, -0.2) is 0 Å². The number of hydrogen-bond donors (Lipinski definition) is 1. The zero-order chi connectivity index (χ0) is 19.3. The van der Waals surface area contributed by atoms with Crippen molar-refractivity contribution in [1.82, 2.24) is 0 Å². The molecule has 2 saturated carbocycles. The van der Waals surface area contributed by atoms with Gasteiger partial charge in [-0.3, -0.25) is 0 Å². The SMILES string of the molecule is Cc1ccc(C(=C(CC2CCCC2)CC2CCCC2)c2ccc(O)cc2)cc1. The molecule has 0 atom stereocenters. The Hall–Kier alpha value is -2.02. The Kier molecular flexibility index (Phi) is 6.20. The van der Waals surface area contributed by atoms with Crippen molar-refractivity contribution < 1.29 is 5.11 Å². The fourth-order valence-electron chi connectivity index (χ4n) is 5.34. The van der Waals surface area contributed by atoms with E-state index in [9.17, 15) is 5.11 Å². The van der Waals surface area contributed by atoms with Gasteiger partial charge in [0.05, 0.1) is 0 Å². The van der Waals surface area contributed by atoms with E-state index in [2.05, 4.69) is 43.3 Å². The normalized spacial score (nSPS) is 17.9. The third-order valence-corrected chi connectivity index (χ3v) is 6.87. The first kappa shape index (κ1) is 19.3. The molecule has 0 heterocycles. The molecule has 0 aromatic heterocycles. The summed E-state index contributed by atoms with van der Waals surface area (Å²) in [6.45, 7) is 2.16. The number of phenolic OH excluding ortho intramolecular Hbond substituents is 1. The Bertz CT molecular complexity index is 718. The molecule has 2 aromatic carbocycles. The van der Waals surface area contributed by atoms with Gasteiger partial charge in [0.1, 0.15) is 5.75 Å². The summed E-state index contributed by atoms with van der Waals surface area (Å²) in [6, 6.07) is 16.9. The van der Waals surface area contributed by atoms with Gasteiger partial charge in [-0.2, -0.15) is 0 Å². The average Bonchev–Trinajstić information content (AvgIpc) is 3.39. The Morgan fingerprint density at radius 2 is 1.14 bits per heavy atom. The van der Waals surface area contributed by atoms with Crippen molar-refractivity contribution in [3.8, 4) is 5.75 Å². The van der Waals surface area contributed by atoms with E-state index in [4.69, 9.17) is 0 Å². The second kappa shape index (κ2) is 8.99. The Morgan fingerprint density at radius 1 is 0.714 bits per heavy atom. The molecular formula is C27H34O. The number of rotatable bonds is 6. The van der Waals surface area contributed by atoms with Crippen molar-refractivity contribution in [1.29, 1.82) is 0 Å². The molecule has 2 aliphatic carbocycles. The van der Waals surface area contributed by atoms with Crippen LogP contribution in [0.25, 0.3) is 5.57 Å². The molecule has 148 valence electrons. The molecule has 2 aliphatic rings. The molecule has 1 nitrogen and oxygen atoms in total. The van der Waals surface area contributed by atoms with Crippen LogP contribution in [-0.4, -0.2) is 5.11 Å². The monoisotopic (exact) mass is 374 g/mol. The fraction of sp³-hybridized carbons (Fsp3) is 0.481. The summed E-state index contributed by atoms with van der Waals surface area (Å²) in [6.07, 6.45) is 13.7. The van der Waals surface area contributed by atoms with Crippen molar-refractivity contribution in [2.45, 2.75) is 71.1 Å². The van der Waals surface area contributed by atoms with Crippen LogP contribution in [0.1, 0.15) is 80.9 Å². The van der Waals surface area contributed by atoms with E-state index in [1.54, 1.807) is 5.57 Å². The molecule has 2 aromatic rings. The van der Waals surface area contributed by atoms with Gasteiger partial charge in [0.15, 0.2) is 0 Å². The summed E-state index contributed by atoms with van der Waals surface area (Å²) < 4.78 is 0. The standard InChI is InChI=1S/C27H34O/c1-20-10-12-23(13-11-20)27(24-14-16-26(28)17-15-24)25(18-21-6-2-3-7-21)19-22-8-4-5-9-22/h10-17,21-22,28H,2-9,18-19H2,1H3. The van der Waals surface area contributed by atoms with E-state index in [1.165, 1.54) is 86.5 Å². The lowest BCUT2D eigenvalue weighted by Gasteiger charge is -2.22. The summed E-state index contributed by atoms with van der Waals surface area (Å²) in [5, 5.41) is 9.83. The minimum atomic E-state index is 0.347. The largest absolute Gasteiger partial charge is 0.508 e. The smallest absolute Gasteiger partial charge is 0.115 e. The second-order valence-corrected chi connectivity index (χ2v) is 9.10. The molecule has 0 spiro atoms. The maximum Gasteiger partial charge on any atom is 0.115 e. The van der Waals surface area contributed by atoms with Gasteiger partial charge in [-0.1, -0.05) is 98.9 Å². The van der Waals surface area contributed by atoms with Crippen LogP contribution >= 0.6 is 0 Å². The van der Waals surface area contributed by atoms with Crippen LogP contribution in [-0.2, 0) is 0 Å². The van der Waals surface area contributed by atoms with Crippen molar-refractivity contribution in [3.05, 3.63) is 70.8 Å². The predicted octanol–water partition coefficient (Wildman–Crippen LogP) is 7.66. The summed E-state index contributed by atoms with van der Waals surface area (Å²) >= 11 is 0. The maximum absolute atomic E-state index is 9.83. The topological polar surface area (TPSA) is 20.2 Å². The first-order valence-electron chi connectivity index (χ1n) is 11.3. The van der Waals surface area contributed by atoms with Gasteiger partial charge in [0.25, 0.3) is 0 Å². The summed E-state index contributed by atoms with van der Waals surface area (Å²) in [5.41, 5.74) is 6.99. The lowest BCUT2D eigenvalue weighted by Crippen LogP contribution is -2.05. The first-order valence-corrected chi connectivity index (χ1v) is 11.3. The minimum absolute atomic E-state index is 0.347. The zero-order valence-corrected chi connectivity index (χ0v) is 17.3. The highest BCUT2D eigenvalue weighted by atomic mass is 16.3. The van der Waals surface area contributed by atoms with E-state index >= 15 is 0 Å². The molecule has 0 aliphatic heterocycles. The molecule has 1 N–H and O–H groups in total. The fourth-order valence-corrected chi connectivity index (χ4v) is 5.34. The van der Waals surface area contributed by atoms with E-state index in [1.807, 2.05) is 12.1 Å². The van der Waals surface area contributed by atoms with Gasteiger partial charge in [0.2, 0.25) is 0 Å². The molecule has 0 amide bonds. The van der Waals surface area contributed by atoms with Crippen LogP contribution < -0.4 is 0 Å². The molecule has 0 radical (unpaired) electrons. The maximum atomic E-state index is 9.83. The summed E-state index contributed by atoms with van der Waals surface area (Å²) in [5.74, 6) is 2.06. The highest BCUT2D eigenvalue weighted by Gasteiger charge is 2.24. The van der Waals surface area contributed by atoms with Gasteiger partial charge in [-0.15, -0.1) is 0 Å². The third-order valence-electron chi connectivity index (χ3n) is 6.87. The Labute approximate surface area is 170 Å². The van der Waals surface area contributed by atoms with Gasteiger partial charge >= 0.3 is 0 Å². The molecule has 2 fully saturated rings. The highest BCUT2D eigenvalue weighted by molar-refractivity contribution is 5.82. The third kappa shape index (κ3) is 4.69. The molecular weight excluding hydrogens is 340 g/mol. The molecule has 0 saturated heterocycles. The summed E-state index contributed by atoms with van der Waals surface area (Å²) in [4.78, 5) is 0. The average molecular weight is 375 g/mol. The lowest BCUT2D eigenvalue weighted by molar-refractivity contribution is 0.475. The molecule has 28 heavy (non-hydrogen) atoms. The van der Waals surface area contributed by atoms with Gasteiger partial charge < -0.3 is 5.11 Å².